The molecule has 0 saturated carbocycles. The van der Waals surface area contributed by atoms with E-state index in [-0.39, 0.29) is 16.2 Å². The van der Waals surface area contributed by atoms with Gasteiger partial charge in [-0.2, -0.15) is 0 Å². The summed E-state index contributed by atoms with van der Waals surface area (Å²) >= 11 is 1.16. The average molecular weight is 431 g/mol. The molecule has 1 amide bonds. The lowest BCUT2D eigenvalue weighted by molar-refractivity contribution is 0.0939. The molecule has 0 bridgehead atoms. The fraction of sp³-hybridized carbons (Fsp3) is 0.190. The number of para-hydroxylation sites is 1. The largest absolute Gasteiger partial charge is 0.496 e. The normalized spacial score (nSPS) is 12.2. The minimum Gasteiger partial charge on any atom is -0.496 e. The van der Waals surface area contributed by atoms with Crippen molar-refractivity contribution in [1.29, 1.82) is 0 Å². The van der Waals surface area contributed by atoms with E-state index < -0.39 is 10.0 Å². The lowest BCUT2D eigenvalue weighted by atomic mass is 10.1. The number of methoxy groups -OCH3 is 1. The van der Waals surface area contributed by atoms with Gasteiger partial charge in [0.15, 0.2) is 0 Å². The van der Waals surface area contributed by atoms with Crippen LogP contribution in [0.4, 0.5) is 5.69 Å². The highest BCUT2D eigenvalue weighted by atomic mass is 32.2. The van der Waals surface area contributed by atoms with E-state index in [2.05, 4.69) is 5.32 Å². The molecule has 0 unspecified atom stereocenters. The maximum atomic E-state index is 12.6. The van der Waals surface area contributed by atoms with Gasteiger partial charge in [-0.15, -0.1) is 11.3 Å². The van der Waals surface area contributed by atoms with E-state index in [1.54, 1.807) is 48.9 Å². The van der Waals surface area contributed by atoms with E-state index in [1.165, 1.54) is 11.4 Å². The second kappa shape index (κ2) is 8.67. The van der Waals surface area contributed by atoms with Crippen molar-refractivity contribution in [2.45, 2.75) is 17.2 Å². The Morgan fingerprint density at radius 2 is 1.76 bits per heavy atom. The van der Waals surface area contributed by atoms with Crippen LogP contribution in [-0.2, 0) is 10.0 Å². The first-order chi connectivity index (χ1) is 13.8. The third-order valence-corrected chi connectivity index (χ3v) is 7.71. The molecule has 29 heavy (non-hydrogen) atoms. The standard InChI is InChI=1S/C21H22N2O4S2/c1-15(18-7-4-5-8-19(18)27-3)22-21(24)16-10-12-17(13-11-16)23(2)29(25,26)20-9-6-14-28-20/h4-15H,1-3H3,(H,22,24)/t15-/m0/s1. The highest BCUT2D eigenvalue weighted by molar-refractivity contribution is 7.94. The van der Waals surface area contributed by atoms with E-state index in [0.717, 1.165) is 16.9 Å². The Balaban J connectivity index is 1.73. The minimum absolute atomic E-state index is 0.250. The van der Waals surface area contributed by atoms with Crippen molar-refractivity contribution in [2.24, 2.45) is 0 Å². The lowest BCUT2D eigenvalue weighted by Gasteiger charge is -2.19. The maximum absolute atomic E-state index is 12.6. The molecule has 0 aliphatic carbocycles. The number of sulfonamides is 1. The van der Waals surface area contributed by atoms with Gasteiger partial charge in [0.25, 0.3) is 15.9 Å². The van der Waals surface area contributed by atoms with Crippen molar-refractivity contribution in [3.05, 3.63) is 77.2 Å². The summed E-state index contributed by atoms with van der Waals surface area (Å²) in [6.07, 6.45) is 0. The van der Waals surface area contributed by atoms with E-state index in [9.17, 15) is 13.2 Å². The van der Waals surface area contributed by atoms with Gasteiger partial charge in [0.1, 0.15) is 9.96 Å². The number of benzene rings is 2. The third-order valence-electron chi connectivity index (χ3n) is 4.56. The van der Waals surface area contributed by atoms with Crippen LogP contribution in [0.5, 0.6) is 5.75 Å². The zero-order chi connectivity index (χ0) is 21.0. The molecule has 2 aromatic carbocycles. The summed E-state index contributed by atoms with van der Waals surface area (Å²) in [7, 11) is -0.523. The SMILES string of the molecule is COc1ccccc1[C@H](C)NC(=O)c1ccc(N(C)S(=O)(=O)c2cccs2)cc1. The fourth-order valence-electron chi connectivity index (χ4n) is 2.89. The van der Waals surface area contributed by atoms with Crippen LogP contribution in [-0.4, -0.2) is 28.5 Å². The quantitative estimate of drug-likeness (QED) is 0.613. The molecule has 0 aliphatic rings. The Kier molecular flexibility index (Phi) is 6.24. The van der Waals surface area contributed by atoms with Crippen LogP contribution in [0.2, 0.25) is 0 Å². The number of nitrogens with one attached hydrogen (secondary N) is 1. The van der Waals surface area contributed by atoms with E-state index in [1.807, 2.05) is 31.2 Å². The molecule has 3 aromatic rings. The van der Waals surface area contributed by atoms with Crippen molar-refractivity contribution in [2.75, 3.05) is 18.5 Å². The molecule has 1 N–H and O–H groups in total. The van der Waals surface area contributed by atoms with E-state index in [0.29, 0.717) is 17.0 Å². The number of hydrogen-bond donors (Lipinski definition) is 1. The van der Waals surface area contributed by atoms with Crippen LogP contribution < -0.4 is 14.4 Å². The topological polar surface area (TPSA) is 75.7 Å². The van der Waals surface area contributed by atoms with Crippen LogP contribution in [0.1, 0.15) is 28.9 Å². The maximum Gasteiger partial charge on any atom is 0.273 e. The monoisotopic (exact) mass is 430 g/mol. The fourth-order valence-corrected chi connectivity index (χ4v) is 5.25. The molecule has 0 radical (unpaired) electrons. The van der Waals surface area contributed by atoms with Gasteiger partial charge in [-0.3, -0.25) is 9.10 Å². The molecule has 152 valence electrons. The van der Waals surface area contributed by atoms with Crippen molar-refractivity contribution < 1.29 is 17.9 Å². The molecule has 0 fully saturated rings. The Morgan fingerprint density at radius 1 is 1.07 bits per heavy atom. The van der Waals surface area contributed by atoms with Gasteiger partial charge in [-0.25, -0.2) is 8.42 Å². The van der Waals surface area contributed by atoms with Gasteiger partial charge in [0, 0.05) is 18.2 Å². The van der Waals surface area contributed by atoms with E-state index in [4.69, 9.17) is 4.74 Å². The zero-order valence-corrected chi connectivity index (χ0v) is 18.0. The third kappa shape index (κ3) is 4.44. The van der Waals surface area contributed by atoms with Crippen molar-refractivity contribution in [1.82, 2.24) is 5.32 Å². The van der Waals surface area contributed by atoms with Crippen LogP contribution in [0.15, 0.2) is 70.3 Å². The molecule has 3 rings (SSSR count). The van der Waals surface area contributed by atoms with Crippen molar-refractivity contribution >= 4 is 33.0 Å². The zero-order valence-electron chi connectivity index (χ0n) is 16.3. The first-order valence-corrected chi connectivity index (χ1v) is 11.2. The summed E-state index contributed by atoms with van der Waals surface area (Å²) in [5.41, 5.74) is 1.80. The molecule has 8 heteroatoms. The number of nitrogens with zero attached hydrogens (tertiary/aromatic N) is 1. The molecular weight excluding hydrogens is 408 g/mol. The summed E-state index contributed by atoms with van der Waals surface area (Å²) in [6, 6.07) is 17.0. The molecule has 0 saturated heterocycles. The highest BCUT2D eigenvalue weighted by Crippen LogP contribution is 2.26. The number of ether oxygens (including phenoxy) is 1. The highest BCUT2D eigenvalue weighted by Gasteiger charge is 2.22. The first-order valence-electron chi connectivity index (χ1n) is 8.91. The summed E-state index contributed by atoms with van der Waals surface area (Å²) in [5.74, 6) is 0.453. The predicted molar refractivity (Wildman–Crippen MR) is 115 cm³/mol. The average Bonchev–Trinajstić information content (AvgIpc) is 3.29. The molecule has 1 heterocycles. The number of thiophene rings is 1. The van der Waals surface area contributed by atoms with Gasteiger partial charge < -0.3 is 10.1 Å². The Morgan fingerprint density at radius 3 is 2.38 bits per heavy atom. The summed E-state index contributed by atoms with van der Waals surface area (Å²) in [5, 5.41) is 4.66. The number of hydrogen-bond acceptors (Lipinski definition) is 5. The second-order valence-corrected chi connectivity index (χ2v) is 9.53. The van der Waals surface area contributed by atoms with Crippen LogP contribution in [0, 0.1) is 0 Å². The van der Waals surface area contributed by atoms with Gasteiger partial charge in [-0.05, 0) is 48.7 Å². The van der Waals surface area contributed by atoms with Gasteiger partial charge in [-0.1, -0.05) is 24.3 Å². The summed E-state index contributed by atoms with van der Waals surface area (Å²) in [4.78, 5) is 12.6. The first kappa shape index (κ1) is 20.9. The van der Waals surface area contributed by atoms with Crippen LogP contribution in [0.3, 0.4) is 0 Å². The Hall–Kier alpha value is -2.84. The molecular formula is C21H22N2O4S2. The second-order valence-electron chi connectivity index (χ2n) is 6.39. The Labute approximate surface area is 174 Å². The minimum atomic E-state index is -3.61. The molecule has 6 nitrogen and oxygen atoms in total. The van der Waals surface area contributed by atoms with Crippen LogP contribution in [0.25, 0.3) is 0 Å². The molecule has 0 aliphatic heterocycles. The summed E-state index contributed by atoms with van der Waals surface area (Å²) in [6.45, 7) is 1.88. The molecule has 1 atom stereocenters. The predicted octanol–water partition coefficient (Wildman–Crippen LogP) is 4.07. The molecule has 0 spiro atoms. The number of carbonyl (C=O) groups excluding carboxylic acids is 1. The number of carbonyl (C=O) groups is 1. The smallest absolute Gasteiger partial charge is 0.273 e. The van der Waals surface area contributed by atoms with Gasteiger partial charge in [0.2, 0.25) is 0 Å². The van der Waals surface area contributed by atoms with Gasteiger partial charge >= 0.3 is 0 Å². The van der Waals surface area contributed by atoms with Gasteiger partial charge in [0.05, 0.1) is 18.8 Å². The summed E-state index contributed by atoms with van der Waals surface area (Å²) < 4.78 is 32.1. The number of amides is 1. The van der Waals surface area contributed by atoms with Crippen molar-refractivity contribution in [3.8, 4) is 5.75 Å². The number of anilines is 1. The van der Waals surface area contributed by atoms with Crippen LogP contribution >= 0.6 is 11.3 Å². The number of rotatable bonds is 7. The Bertz CT molecular complexity index is 1080. The van der Waals surface area contributed by atoms with E-state index >= 15 is 0 Å². The van der Waals surface area contributed by atoms with Crippen molar-refractivity contribution in [3.63, 3.8) is 0 Å². The molecule has 1 aromatic heterocycles. The lowest BCUT2D eigenvalue weighted by Crippen LogP contribution is -2.27.